The van der Waals surface area contributed by atoms with E-state index in [1.54, 1.807) is 6.20 Å². The molecule has 3 heterocycles. The van der Waals surface area contributed by atoms with Crippen LogP contribution in [0.2, 0.25) is 0 Å². The number of imidazole rings is 1. The number of hydrogen-bond donors (Lipinski definition) is 0. The molecule has 4 rings (SSSR count). The van der Waals surface area contributed by atoms with E-state index in [1.165, 1.54) is 51.6 Å². The lowest BCUT2D eigenvalue weighted by Crippen LogP contribution is -2.40. The molecule has 1 aliphatic carbocycles. The first-order chi connectivity index (χ1) is 11.8. The predicted octanol–water partition coefficient (Wildman–Crippen LogP) is 3.07. The van der Waals surface area contributed by atoms with E-state index in [9.17, 15) is 0 Å². The van der Waals surface area contributed by atoms with E-state index in [1.807, 2.05) is 30.2 Å². The van der Waals surface area contributed by atoms with Gasteiger partial charge >= 0.3 is 0 Å². The molecule has 5 heteroatoms. The lowest BCUT2D eigenvalue weighted by atomic mass is 9.91. The van der Waals surface area contributed by atoms with Crippen LogP contribution in [0, 0.1) is 5.92 Å². The first-order valence-electron chi connectivity index (χ1n) is 9.32. The van der Waals surface area contributed by atoms with Gasteiger partial charge in [-0.3, -0.25) is 4.98 Å². The van der Waals surface area contributed by atoms with E-state index in [0.717, 1.165) is 35.6 Å². The van der Waals surface area contributed by atoms with Gasteiger partial charge in [-0.05, 0) is 51.1 Å². The maximum absolute atomic E-state index is 4.64. The monoisotopic (exact) mass is 325 g/mol. The molecule has 0 spiro atoms. The third-order valence-corrected chi connectivity index (χ3v) is 5.74. The largest absolute Gasteiger partial charge is 0.333 e. The quantitative estimate of drug-likeness (QED) is 0.867. The Morgan fingerprint density at radius 3 is 2.42 bits per heavy atom. The van der Waals surface area contributed by atoms with Crippen LogP contribution in [0.15, 0.2) is 24.8 Å². The minimum absolute atomic E-state index is 0.760. The minimum Gasteiger partial charge on any atom is -0.333 e. The van der Waals surface area contributed by atoms with Crippen LogP contribution in [0.1, 0.15) is 44.2 Å². The molecule has 0 aromatic carbocycles. The van der Waals surface area contributed by atoms with Gasteiger partial charge in [0, 0.05) is 31.7 Å². The van der Waals surface area contributed by atoms with Crippen LogP contribution < -0.4 is 0 Å². The summed E-state index contributed by atoms with van der Waals surface area (Å²) in [6.45, 7) is 2.54. The van der Waals surface area contributed by atoms with Crippen LogP contribution in [0.4, 0.5) is 0 Å². The number of aryl methyl sites for hydroxylation is 1. The highest BCUT2D eigenvalue weighted by Gasteiger charge is 2.27. The number of piperidine rings is 1. The molecule has 1 saturated heterocycles. The maximum Gasteiger partial charge on any atom is 0.159 e. The van der Waals surface area contributed by atoms with E-state index in [0.29, 0.717) is 0 Å². The Hall–Kier alpha value is -1.75. The molecular formula is C19H27N5. The summed E-state index contributed by atoms with van der Waals surface area (Å²) in [6, 6.07) is 0.878. The second-order valence-electron chi connectivity index (χ2n) is 7.38. The first-order valence-corrected chi connectivity index (χ1v) is 9.32. The first kappa shape index (κ1) is 15.8. The van der Waals surface area contributed by atoms with E-state index in [2.05, 4.69) is 19.9 Å². The van der Waals surface area contributed by atoms with Crippen LogP contribution in [0.5, 0.6) is 0 Å². The second kappa shape index (κ2) is 7.01. The van der Waals surface area contributed by atoms with Gasteiger partial charge in [0.15, 0.2) is 5.82 Å². The molecule has 5 nitrogen and oxygen atoms in total. The van der Waals surface area contributed by atoms with Gasteiger partial charge in [-0.25, -0.2) is 9.97 Å². The van der Waals surface area contributed by atoms with Crippen LogP contribution in [0.25, 0.3) is 11.5 Å². The third-order valence-electron chi connectivity index (χ3n) is 5.74. The highest BCUT2D eigenvalue weighted by molar-refractivity contribution is 5.47. The fourth-order valence-electron chi connectivity index (χ4n) is 4.28. The van der Waals surface area contributed by atoms with E-state index < -0.39 is 0 Å². The van der Waals surface area contributed by atoms with Crippen molar-refractivity contribution < 1.29 is 0 Å². The Bertz CT molecular complexity index is 649. The topological polar surface area (TPSA) is 46.8 Å². The van der Waals surface area contributed by atoms with Crippen molar-refractivity contribution in [2.45, 2.75) is 51.0 Å². The molecule has 2 aromatic rings. The molecule has 0 unspecified atom stereocenters. The lowest BCUT2D eigenvalue weighted by Gasteiger charge is -2.35. The van der Waals surface area contributed by atoms with Crippen molar-refractivity contribution in [2.75, 3.05) is 13.1 Å². The van der Waals surface area contributed by atoms with Crippen molar-refractivity contribution >= 4 is 0 Å². The lowest BCUT2D eigenvalue weighted by molar-refractivity contribution is 0.134. The Balaban J connectivity index is 1.32. The summed E-state index contributed by atoms with van der Waals surface area (Å²) >= 11 is 0. The minimum atomic E-state index is 0.760. The smallest absolute Gasteiger partial charge is 0.159 e. The molecule has 0 N–H and O–H groups in total. The molecule has 1 saturated carbocycles. The van der Waals surface area contributed by atoms with Gasteiger partial charge in [-0.2, -0.15) is 0 Å². The number of rotatable bonds is 4. The van der Waals surface area contributed by atoms with Gasteiger partial charge < -0.3 is 9.47 Å². The van der Waals surface area contributed by atoms with Crippen LogP contribution in [-0.4, -0.2) is 43.6 Å². The Morgan fingerprint density at radius 1 is 1.00 bits per heavy atom. The summed E-state index contributed by atoms with van der Waals surface area (Å²) in [4.78, 5) is 16.3. The summed E-state index contributed by atoms with van der Waals surface area (Å²) in [6.07, 6.45) is 16.9. The van der Waals surface area contributed by atoms with Crippen molar-refractivity contribution in [2.24, 2.45) is 13.0 Å². The number of likely N-dealkylation sites (tertiary alicyclic amines) is 1. The standard InChI is InChI=1S/C19H27N5/c1-23-11-8-20-19(23)18-14-21-16(13-22-18)12-15-6-9-24(10-7-15)17-4-2-3-5-17/h8,11,13-15,17H,2-7,9-10,12H2,1H3. The fourth-order valence-corrected chi connectivity index (χ4v) is 4.28. The van der Waals surface area contributed by atoms with Gasteiger partial charge in [0.05, 0.1) is 11.9 Å². The van der Waals surface area contributed by atoms with Gasteiger partial charge in [0.25, 0.3) is 0 Å². The van der Waals surface area contributed by atoms with Crippen molar-refractivity contribution in [3.63, 3.8) is 0 Å². The molecule has 2 aliphatic rings. The van der Waals surface area contributed by atoms with E-state index in [4.69, 9.17) is 0 Å². The van der Waals surface area contributed by atoms with Crippen molar-refractivity contribution in [1.29, 1.82) is 0 Å². The Labute approximate surface area is 144 Å². The zero-order valence-corrected chi connectivity index (χ0v) is 14.6. The van der Waals surface area contributed by atoms with Gasteiger partial charge in [0.1, 0.15) is 5.69 Å². The molecule has 2 aromatic heterocycles. The molecule has 0 radical (unpaired) electrons. The number of aromatic nitrogens is 4. The normalized spacial score (nSPS) is 20.7. The zero-order chi connectivity index (χ0) is 16.4. The molecule has 0 amide bonds. The average molecular weight is 325 g/mol. The molecular weight excluding hydrogens is 298 g/mol. The van der Waals surface area contributed by atoms with E-state index in [-0.39, 0.29) is 0 Å². The van der Waals surface area contributed by atoms with E-state index >= 15 is 0 Å². The fraction of sp³-hybridized carbons (Fsp3) is 0.632. The van der Waals surface area contributed by atoms with Gasteiger partial charge in [0.2, 0.25) is 0 Å². The van der Waals surface area contributed by atoms with Crippen molar-refractivity contribution in [3.05, 3.63) is 30.5 Å². The zero-order valence-electron chi connectivity index (χ0n) is 14.6. The summed E-state index contributed by atoms with van der Waals surface area (Å²) in [5.74, 6) is 1.63. The van der Waals surface area contributed by atoms with Crippen LogP contribution in [-0.2, 0) is 13.5 Å². The number of hydrogen-bond acceptors (Lipinski definition) is 4. The second-order valence-corrected chi connectivity index (χ2v) is 7.38. The van der Waals surface area contributed by atoms with Crippen molar-refractivity contribution in [3.8, 4) is 11.5 Å². The van der Waals surface area contributed by atoms with Crippen molar-refractivity contribution in [1.82, 2.24) is 24.4 Å². The highest BCUT2D eigenvalue weighted by atomic mass is 15.2. The predicted molar refractivity (Wildman–Crippen MR) is 94.5 cm³/mol. The van der Waals surface area contributed by atoms with Gasteiger partial charge in [-0.15, -0.1) is 0 Å². The SMILES string of the molecule is Cn1ccnc1-c1cnc(CC2CCN(C3CCCC3)CC2)cn1. The maximum atomic E-state index is 4.64. The van der Waals surface area contributed by atoms with Crippen LogP contribution in [0.3, 0.4) is 0 Å². The highest BCUT2D eigenvalue weighted by Crippen LogP contribution is 2.29. The molecule has 128 valence electrons. The molecule has 1 aliphatic heterocycles. The van der Waals surface area contributed by atoms with Gasteiger partial charge in [-0.1, -0.05) is 12.8 Å². The average Bonchev–Trinajstić information content (AvgIpc) is 3.28. The Kier molecular flexibility index (Phi) is 4.60. The summed E-state index contributed by atoms with van der Waals surface area (Å²) in [7, 11) is 1.98. The summed E-state index contributed by atoms with van der Waals surface area (Å²) in [5, 5.41) is 0. The molecule has 0 atom stereocenters. The molecule has 0 bridgehead atoms. The molecule has 2 fully saturated rings. The summed E-state index contributed by atoms with van der Waals surface area (Å²) in [5.41, 5.74) is 1.97. The summed E-state index contributed by atoms with van der Waals surface area (Å²) < 4.78 is 1.97. The Morgan fingerprint density at radius 2 is 1.79 bits per heavy atom. The number of nitrogens with zero attached hydrogens (tertiary/aromatic N) is 5. The third kappa shape index (κ3) is 3.36. The molecule has 24 heavy (non-hydrogen) atoms. The van der Waals surface area contributed by atoms with Crippen LogP contribution >= 0.6 is 0 Å².